The van der Waals surface area contributed by atoms with E-state index in [0.29, 0.717) is 25.7 Å². The highest BCUT2D eigenvalue weighted by molar-refractivity contribution is 7.47. The van der Waals surface area contributed by atoms with Crippen molar-refractivity contribution in [2.45, 2.75) is 464 Å². The van der Waals surface area contributed by atoms with Gasteiger partial charge in [-0.05, 0) is 37.5 Å². The van der Waals surface area contributed by atoms with Crippen molar-refractivity contribution in [3.05, 3.63) is 0 Å². The summed E-state index contributed by atoms with van der Waals surface area (Å²) in [6.45, 7) is 9.66. The van der Waals surface area contributed by atoms with Crippen LogP contribution < -0.4 is 0 Å². The van der Waals surface area contributed by atoms with E-state index in [-0.39, 0.29) is 25.7 Å². The molecule has 0 spiro atoms. The fraction of sp³-hybridized carbons (Fsp3) is 0.952. The average Bonchev–Trinajstić information content (AvgIpc) is 0.917. The molecule has 612 valence electrons. The van der Waals surface area contributed by atoms with Crippen molar-refractivity contribution in [3.8, 4) is 0 Å². The molecule has 17 nitrogen and oxygen atoms in total. The van der Waals surface area contributed by atoms with Gasteiger partial charge in [-0.15, -0.1) is 0 Å². The number of phosphoric ester groups is 2. The van der Waals surface area contributed by atoms with Gasteiger partial charge >= 0.3 is 39.5 Å². The highest BCUT2D eigenvalue weighted by Gasteiger charge is 2.30. The van der Waals surface area contributed by atoms with Crippen LogP contribution in [0.3, 0.4) is 0 Å². The molecule has 0 saturated heterocycles. The number of ether oxygens (including phenoxy) is 4. The summed E-state index contributed by atoms with van der Waals surface area (Å²) in [5, 5.41) is 10.7. The summed E-state index contributed by atoms with van der Waals surface area (Å²) in [4.78, 5) is 73.1. The van der Waals surface area contributed by atoms with Crippen LogP contribution in [0.25, 0.3) is 0 Å². The lowest BCUT2D eigenvalue weighted by atomic mass is 10.0. The molecule has 0 bridgehead atoms. The van der Waals surface area contributed by atoms with E-state index in [9.17, 15) is 43.2 Å². The molecule has 0 aliphatic carbocycles. The molecule has 0 aliphatic rings. The van der Waals surface area contributed by atoms with Gasteiger partial charge in [-0.25, -0.2) is 9.13 Å². The number of carbonyl (C=O) groups excluding carboxylic acids is 4. The van der Waals surface area contributed by atoms with E-state index in [1.165, 1.54) is 263 Å². The summed E-state index contributed by atoms with van der Waals surface area (Å²) in [6.07, 6.45) is 66.7. The van der Waals surface area contributed by atoms with Gasteiger partial charge < -0.3 is 33.8 Å². The molecule has 103 heavy (non-hydrogen) atoms. The second-order valence-corrected chi connectivity index (χ2v) is 34.1. The number of unbranched alkanes of at least 4 members (excludes halogenated alkanes) is 53. The highest BCUT2D eigenvalue weighted by Crippen LogP contribution is 2.45. The maximum atomic E-state index is 13.1. The molecule has 0 heterocycles. The van der Waals surface area contributed by atoms with Gasteiger partial charge in [0.1, 0.15) is 19.3 Å². The topological polar surface area (TPSA) is 237 Å². The predicted octanol–water partition coefficient (Wildman–Crippen LogP) is 25.5. The van der Waals surface area contributed by atoms with Crippen LogP contribution in [0.1, 0.15) is 446 Å². The maximum Gasteiger partial charge on any atom is 0.472 e. The Morgan fingerprint density at radius 1 is 0.262 bits per heavy atom. The van der Waals surface area contributed by atoms with Gasteiger partial charge in [0.2, 0.25) is 0 Å². The summed E-state index contributed by atoms with van der Waals surface area (Å²) in [7, 11) is -9.92. The molecule has 3 N–H and O–H groups in total. The first-order valence-corrected chi connectivity index (χ1v) is 46.5. The molecule has 0 radical (unpaired) electrons. The summed E-state index contributed by atoms with van der Waals surface area (Å²) < 4.78 is 68.8. The van der Waals surface area contributed by atoms with Gasteiger partial charge in [0, 0.05) is 25.7 Å². The van der Waals surface area contributed by atoms with E-state index in [1.54, 1.807) is 0 Å². The molecule has 19 heteroatoms. The number of aliphatic hydroxyl groups excluding tert-OH is 1. The smallest absolute Gasteiger partial charge is 0.462 e. The Morgan fingerprint density at radius 2 is 0.447 bits per heavy atom. The first kappa shape index (κ1) is 101. The van der Waals surface area contributed by atoms with Crippen molar-refractivity contribution in [2.24, 2.45) is 11.8 Å². The molecule has 0 aliphatic heterocycles. The molecule has 0 aromatic carbocycles. The van der Waals surface area contributed by atoms with Gasteiger partial charge in [-0.3, -0.25) is 37.3 Å². The fourth-order valence-electron chi connectivity index (χ4n) is 13.1. The van der Waals surface area contributed by atoms with Crippen molar-refractivity contribution in [1.82, 2.24) is 0 Å². The molecule has 0 saturated carbocycles. The fourth-order valence-corrected chi connectivity index (χ4v) is 14.6. The first-order chi connectivity index (χ1) is 49.9. The molecule has 0 rings (SSSR count). The van der Waals surface area contributed by atoms with E-state index < -0.39 is 97.5 Å². The van der Waals surface area contributed by atoms with Crippen LogP contribution in [0.15, 0.2) is 0 Å². The minimum atomic E-state index is -4.96. The van der Waals surface area contributed by atoms with Crippen LogP contribution in [0.2, 0.25) is 0 Å². The van der Waals surface area contributed by atoms with E-state index in [0.717, 1.165) is 102 Å². The first-order valence-electron chi connectivity index (χ1n) is 43.5. The lowest BCUT2D eigenvalue weighted by Crippen LogP contribution is -2.30. The van der Waals surface area contributed by atoms with E-state index in [1.807, 2.05) is 0 Å². The van der Waals surface area contributed by atoms with Gasteiger partial charge in [-0.1, -0.05) is 395 Å². The van der Waals surface area contributed by atoms with Crippen molar-refractivity contribution in [3.63, 3.8) is 0 Å². The van der Waals surface area contributed by atoms with Gasteiger partial charge in [-0.2, -0.15) is 0 Å². The number of rotatable bonds is 83. The number of aliphatic hydroxyl groups is 1. The third kappa shape index (κ3) is 78.0. The van der Waals surface area contributed by atoms with Crippen LogP contribution in [-0.4, -0.2) is 96.7 Å². The lowest BCUT2D eigenvalue weighted by Gasteiger charge is -2.21. The molecule has 0 aromatic heterocycles. The van der Waals surface area contributed by atoms with Crippen LogP contribution >= 0.6 is 15.6 Å². The Morgan fingerprint density at radius 3 is 0.660 bits per heavy atom. The standard InChI is InChI=1S/C84H164O17P2/c1-7-9-11-13-15-17-19-21-22-23-24-25-26-27-28-29-32-37-44-50-56-62-68-83(88)100-79(72-95-82(87)67-61-55-49-43-36-33-30-31-34-40-46-52-58-64-76(3)4)74-98-102(90,91)96-70-78(85)71-97-103(92,93)99-75-80(73-94-81(86)66-60-54-48-42-35-20-18-16-14-12-10-8-2)101-84(89)69-63-57-51-45-39-38-41-47-53-59-65-77(5)6/h76-80,85H,7-75H2,1-6H3,(H,90,91)(H,92,93)/t78-,79-,80-/m1/s1. The molecular weight excluding hydrogens is 1340 g/mol. The molecule has 0 fully saturated rings. The number of hydrogen-bond donors (Lipinski definition) is 3. The zero-order chi connectivity index (χ0) is 75.6. The minimum Gasteiger partial charge on any atom is -0.462 e. The third-order valence-electron chi connectivity index (χ3n) is 19.7. The highest BCUT2D eigenvalue weighted by atomic mass is 31.2. The predicted molar refractivity (Wildman–Crippen MR) is 423 cm³/mol. The second kappa shape index (κ2) is 75.5. The Labute approximate surface area is 632 Å². The number of carbonyl (C=O) groups is 4. The molecular formula is C84H164O17P2. The van der Waals surface area contributed by atoms with Crippen LogP contribution in [-0.2, 0) is 65.4 Å². The number of hydrogen-bond acceptors (Lipinski definition) is 15. The number of phosphoric acid groups is 2. The van der Waals surface area contributed by atoms with Crippen LogP contribution in [0, 0.1) is 11.8 Å². The molecule has 5 atom stereocenters. The largest absolute Gasteiger partial charge is 0.472 e. The van der Waals surface area contributed by atoms with Crippen LogP contribution in [0.4, 0.5) is 0 Å². The minimum absolute atomic E-state index is 0.107. The summed E-state index contributed by atoms with van der Waals surface area (Å²) in [5.41, 5.74) is 0. The Hall–Kier alpha value is -1.94. The average molecular weight is 1510 g/mol. The summed E-state index contributed by atoms with van der Waals surface area (Å²) in [5.74, 6) is -0.562. The van der Waals surface area contributed by atoms with E-state index >= 15 is 0 Å². The Kier molecular flexibility index (Phi) is 74.1. The summed E-state index contributed by atoms with van der Waals surface area (Å²) in [6, 6.07) is 0. The number of esters is 4. The van der Waals surface area contributed by atoms with Gasteiger partial charge in [0.25, 0.3) is 0 Å². The maximum absolute atomic E-state index is 13.1. The van der Waals surface area contributed by atoms with Crippen molar-refractivity contribution < 1.29 is 80.2 Å². The Balaban J connectivity index is 5.23. The van der Waals surface area contributed by atoms with E-state index in [2.05, 4.69) is 41.5 Å². The van der Waals surface area contributed by atoms with Crippen molar-refractivity contribution in [1.29, 1.82) is 0 Å². The lowest BCUT2D eigenvalue weighted by molar-refractivity contribution is -0.161. The summed E-state index contributed by atoms with van der Waals surface area (Å²) >= 11 is 0. The quantitative estimate of drug-likeness (QED) is 0.0222. The normalized spacial score (nSPS) is 13.9. The Bertz CT molecular complexity index is 1980. The van der Waals surface area contributed by atoms with Gasteiger partial charge in [0.15, 0.2) is 12.2 Å². The van der Waals surface area contributed by atoms with Crippen molar-refractivity contribution >= 4 is 39.5 Å². The second-order valence-electron chi connectivity index (χ2n) is 31.2. The van der Waals surface area contributed by atoms with Gasteiger partial charge in [0.05, 0.1) is 26.4 Å². The van der Waals surface area contributed by atoms with E-state index in [4.69, 9.17) is 37.0 Å². The monoisotopic (exact) mass is 1510 g/mol. The SMILES string of the molecule is CCCCCCCCCCCCCCCCCCCCCCCCC(=O)O[C@H](COC(=O)CCCCCCCCCCCCCCCC(C)C)COP(=O)(O)OC[C@@H](O)COP(=O)(O)OC[C@@H](COC(=O)CCCCCCCCCCCCCC)OC(=O)CCCCCCCCCCCCC(C)C. The molecule has 0 aromatic rings. The molecule has 2 unspecified atom stereocenters. The van der Waals surface area contributed by atoms with Crippen LogP contribution in [0.5, 0.6) is 0 Å². The van der Waals surface area contributed by atoms with Crippen molar-refractivity contribution in [2.75, 3.05) is 39.6 Å². The zero-order valence-electron chi connectivity index (χ0n) is 67.6. The third-order valence-corrected chi connectivity index (χ3v) is 21.6. The zero-order valence-corrected chi connectivity index (χ0v) is 69.4. The molecule has 0 amide bonds.